The number of benzene rings is 5. The molecule has 1 aliphatic carbocycles. The van der Waals surface area contributed by atoms with Gasteiger partial charge in [0.25, 0.3) is 0 Å². The van der Waals surface area contributed by atoms with Crippen molar-refractivity contribution in [3.63, 3.8) is 0 Å². The Kier molecular flexibility index (Phi) is 5.41. The second kappa shape index (κ2) is 9.62. The Morgan fingerprint density at radius 1 is 0.500 bits per heavy atom. The molecule has 0 atom stereocenters. The van der Waals surface area contributed by atoms with Crippen molar-refractivity contribution in [3.05, 3.63) is 186 Å². The number of aromatic nitrogens is 3. The standard InChI is InChI=1S/C41H27N3/c1-3-12-30(13-4-1)41(31-14-5-2-6-15-31)36-17-8-7-16-33(36)34-26-39-35(25-37(34)41)40-38(18-10-24-43-40)44(39)32-21-19-28(20-22-32)29-11-9-23-42-27-29/h1-27H. The summed E-state index contributed by atoms with van der Waals surface area (Å²) in [6.07, 6.45) is 5.62. The normalized spacial score (nSPS) is 13.2. The molecule has 0 radical (unpaired) electrons. The SMILES string of the molecule is c1ccc(C2(c3ccccc3)c3ccccc3-c3cc4c(cc32)c2ncccc2n4-c2ccc(-c3cccnc3)cc2)cc1. The van der Waals surface area contributed by atoms with Crippen LogP contribution in [0.1, 0.15) is 22.3 Å². The van der Waals surface area contributed by atoms with Gasteiger partial charge in [-0.05, 0) is 87.0 Å². The molecule has 0 saturated carbocycles. The number of hydrogen-bond donors (Lipinski definition) is 0. The van der Waals surface area contributed by atoms with Crippen LogP contribution >= 0.6 is 0 Å². The molecule has 44 heavy (non-hydrogen) atoms. The van der Waals surface area contributed by atoms with E-state index in [1.807, 2.05) is 30.7 Å². The van der Waals surface area contributed by atoms with E-state index in [-0.39, 0.29) is 0 Å². The van der Waals surface area contributed by atoms with Gasteiger partial charge in [0.2, 0.25) is 0 Å². The van der Waals surface area contributed by atoms with Gasteiger partial charge in [0.15, 0.2) is 0 Å². The number of hydrogen-bond acceptors (Lipinski definition) is 2. The third-order valence-corrected chi connectivity index (χ3v) is 9.22. The molecule has 9 rings (SSSR count). The molecule has 0 N–H and O–H groups in total. The molecule has 3 heterocycles. The van der Waals surface area contributed by atoms with Gasteiger partial charge in [-0.2, -0.15) is 0 Å². The fourth-order valence-electron chi connectivity index (χ4n) is 7.38. The van der Waals surface area contributed by atoms with Gasteiger partial charge in [-0.15, -0.1) is 0 Å². The summed E-state index contributed by atoms with van der Waals surface area (Å²) in [7, 11) is 0. The number of rotatable bonds is 4. The van der Waals surface area contributed by atoms with Gasteiger partial charge >= 0.3 is 0 Å². The zero-order chi connectivity index (χ0) is 29.1. The summed E-state index contributed by atoms with van der Waals surface area (Å²) in [4.78, 5) is 9.27. The summed E-state index contributed by atoms with van der Waals surface area (Å²) >= 11 is 0. The van der Waals surface area contributed by atoms with Gasteiger partial charge in [-0.1, -0.05) is 103 Å². The van der Waals surface area contributed by atoms with Crippen molar-refractivity contribution in [2.24, 2.45) is 0 Å². The largest absolute Gasteiger partial charge is 0.308 e. The fourth-order valence-corrected chi connectivity index (χ4v) is 7.38. The molecular weight excluding hydrogens is 534 g/mol. The predicted octanol–water partition coefficient (Wildman–Crippen LogP) is 9.60. The molecule has 3 heteroatoms. The Bertz CT molecular complexity index is 2260. The molecule has 5 aromatic carbocycles. The molecule has 8 aromatic rings. The molecule has 0 bridgehead atoms. The Morgan fingerprint density at radius 2 is 1.20 bits per heavy atom. The van der Waals surface area contributed by atoms with E-state index in [4.69, 9.17) is 4.98 Å². The second-order valence-electron chi connectivity index (χ2n) is 11.4. The van der Waals surface area contributed by atoms with Gasteiger partial charge in [0.05, 0.1) is 22.0 Å². The van der Waals surface area contributed by atoms with E-state index in [1.54, 1.807) is 0 Å². The van der Waals surface area contributed by atoms with Crippen LogP contribution < -0.4 is 0 Å². The summed E-state index contributed by atoms with van der Waals surface area (Å²) in [5.41, 5.74) is 13.8. The highest BCUT2D eigenvalue weighted by Gasteiger charge is 2.46. The third kappa shape index (κ3) is 3.44. The zero-order valence-electron chi connectivity index (χ0n) is 23.9. The van der Waals surface area contributed by atoms with E-state index >= 15 is 0 Å². The number of fused-ring (bicyclic) bond motifs is 6. The summed E-state index contributed by atoms with van der Waals surface area (Å²) < 4.78 is 2.36. The Hall–Kier alpha value is -5.80. The maximum absolute atomic E-state index is 4.96. The van der Waals surface area contributed by atoms with Crippen LogP contribution in [0.25, 0.3) is 49.9 Å². The maximum atomic E-state index is 4.96. The van der Waals surface area contributed by atoms with Crippen LogP contribution in [0, 0.1) is 0 Å². The van der Waals surface area contributed by atoms with Gasteiger partial charge in [-0.3, -0.25) is 9.97 Å². The van der Waals surface area contributed by atoms with E-state index in [0.717, 1.165) is 38.8 Å². The van der Waals surface area contributed by atoms with E-state index in [1.165, 1.54) is 33.4 Å². The highest BCUT2D eigenvalue weighted by atomic mass is 15.0. The van der Waals surface area contributed by atoms with Crippen molar-refractivity contribution in [1.82, 2.24) is 14.5 Å². The van der Waals surface area contributed by atoms with Crippen molar-refractivity contribution < 1.29 is 0 Å². The maximum Gasteiger partial charge on any atom is 0.0963 e. The minimum atomic E-state index is -0.447. The van der Waals surface area contributed by atoms with Crippen molar-refractivity contribution in [2.45, 2.75) is 5.41 Å². The van der Waals surface area contributed by atoms with Gasteiger partial charge in [-0.25, -0.2) is 0 Å². The molecule has 1 aliphatic rings. The number of pyridine rings is 2. The van der Waals surface area contributed by atoms with E-state index in [0.29, 0.717) is 0 Å². The third-order valence-electron chi connectivity index (χ3n) is 9.22. The number of nitrogens with zero attached hydrogens (tertiary/aromatic N) is 3. The lowest BCUT2D eigenvalue weighted by Gasteiger charge is -2.33. The van der Waals surface area contributed by atoms with Crippen molar-refractivity contribution in [1.29, 1.82) is 0 Å². The van der Waals surface area contributed by atoms with Crippen molar-refractivity contribution >= 4 is 21.9 Å². The van der Waals surface area contributed by atoms with Crippen molar-refractivity contribution in [2.75, 3.05) is 0 Å². The molecule has 0 spiro atoms. The lowest BCUT2D eigenvalue weighted by Crippen LogP contribution is -2.28. The summed E-state index contributed by atoms with van der Waals surface area (Å²) in [5, 5.41) is 1.15. The molecule has 3 aromatic heterocycles. The molecule has 0 saturated heterocycles. The molecule has 0 aliphatic heterocycles. The predicted molar refractivity (Wildman–Crippen MR) is 179 cm³/mol. The minimum absolute atomic E-state index is 0.447. The molecule has 0 unspecified atom stereocenters. The Balaban J connectivity index is 1.36. The van der Waals surface area contributed by atoms with Crippen LogP contribution in [-0.4, -0.2) is 14.5 Å². The monoisotopic (exact) mass is 561 g/mol. The Morgan fingerprint density at radius 3 is 1.93 bits per heavy atom. The van der Waals surface area contributed by atoms with Crippen LogP contribution in [0.4, 0.5) is 0 Å². The van der Waals surface area contributed by atoms with Crippen LogP contribution in [0.3, 0.4) is 0 Å². The molecular formula is C41H27N3. The zero-order valence-corrected chi connectivity index (χ0v) is 23.9. The fraction of sp³-hybridized carbons (Fsp3) is 0.0244. The highest BCUT2D eigenvalue weighted by molar-refractivity contribution is 6.10. The first-order chi connectivity index (χ1) is 21.8. The van der Waals surface area contributed by atoms with Crippen LogP contribution in [0.15, 0.2) is 164 Å². The smallest absolute Gasteiger partial charge is 0.0963 e. The minimum Gasteiger partial charge on any atom is -0.308 e. The first-order valence-corrected chi connectivity index (χ1v) is 15.0. The molecule has 3 nitrogen and oxygen atoms in total. The molecule has 0 fully saturated rings. The topological polar surface area (TPSA) is 30.7 Å². The first kappa shape index (κ1) is 24.8. The van der Waals surface area contributed by atoms with Crippen LogP contribution in [0.2, 0.25) is 0 Å². The van der Waals surface area contributed by atoms with Gasteiger partial charge in [0, 0.05) is 29.7 Å². The summed E-state index contributed by atoms with van der Waals surface area (Å²) in [6, 6.07) is 52.7. The summed E-state index contributed by atoms with van der Waals surface area (Å²) in [5.74, 6) is 0. The molecule has 0 amide bonds. The quantitative estimate of drug-likeness (QED) is 0.214. The van der Waals surface area contributed by atoms with Gasteiger partial charge in [0.1, 0.15) is 0 Å². The average molecular weight is 562 g/mol. The molecule has 206 valence electrons. The Labute approximate surface area is 255 Å². The van der Waals surface area contributed by atoms with Crippen LogP contribution in [-0.2, 0) is 5.41 Å². The lowest BCUT2D eigenvalue weighted by molar-refractivity contribution is 0.769. The summed E-state index contributed by atoms with van der Waals surface area (Å²) in [6.45, 7) is 0. The highest BCUT2D eigenvalue weighted by Crippen LogP contribution is 2.57. The van der Waals surface area contributed by atoms with Gasteiger partial charge < -0.3 is 4.57 Å². The van der Waals surface area contributed by atoms with Crippen molar-refractivity contribution in [3.8, 4) is 27.9 Å². The van der Waals surface area contributed by atoms with E-state index in [2.05, 4.69) is 143 Å². The van der Waals surface area contributed by atoms with Crippen LogP contribution in [0.5, 0.6) is 0 Å². The average Bonchev–Trinajstić information content (AvgIpc) is 3.59. The lowest BCUT2D eigenvalue weighted by atomic mass is 9.67. The van der Waals surface area contributed by atoms with E-state index in [9.17, 15) is 0 Å². The second-order valence-corrected chi connectivity index (χ2v) is 11.4. The van der Waals surface area contributed by atoms with E-state index < -0.39 is 5.41 Å². The first-order valence-electron chi connectivity index (χ1n) is 15.0.